The van der Waals surface area contributed by atoms with Crippen molar-refractivity contribution in [3.8, 4) is 5.75 Å². The van der Waals surface area contributed by atoms with E-state index < -0.39 is 0 Å². The quantitative estimate of drug-likeness (QED) is 0.720. The smallest absolute Gasteiger partial charge is 0.142 e. The zero-order valence-corrected chi connectivity index (χ0v) is 13.7. The predicted octanol–water partition coefficient (Wildman–Crippen LogP) is 4.09. The highest BCUT2D eigenvalue weighted by atomic mass is 32.2. The van der Waals surface area contributed by atoms with Gasteiger partial charge in [0.15, 0.2) is 0 Å². The van der Waals surface area contributed by atoms with Gasteiger partial charge >= 0.3 is 0 Å². The Balaban J connectivity index is 1.94. The zero-order chi connectivity index (χ0) is 15.4. The second-order valence-corrected chi connectivity index (χ2v) is 6.18. The average molecular weight is 312 g/mol. The summed E-state index contributed by atoms with van der Waals surface area (Å²) in [6.45, 7) is 0.985. The molecule has 0 amide bonds. The van der Waals surface area contributed by atoms with Crippen LogP contribution in [0.15, 0.2) is 58.5 Å². The highest BCUT2D eigenvalue weighted by molar-refractivity contribution is 7.99. The summed E-state index contributed by atoms with van der Waals surface area (Å²) >= 11 is 1.81. The Morgan fingerprint density at radius 3 is 2.77 bits per heavy atom. The van der Waals surface area contributed by atoms with Crippen molar-refractivity contribution in [1.29, 1.82) is 0 Å². The zero-order valence-electron chi connectivity index (χ0n) is 12.8. The molecule has 1 heterocycles. The molecule has 0 aliphatic heterocycles. The minimum Gasteiger partial charge on any atom is -0.495 e. The van der Waals surface area contributed by atoms with Gasteiger partial charge in [-0.15, -0.1) is 0 Å². The maximum absolute atomic E-state index is 5.42. The van der Waals surface area contributed by atoms with Crippen LogP contribution in [0.4, 0.5) is 0 Å². The summed E-state index contributed by atoms with van der Waals surface area (Å²) in [4.78, 5) is 5.87. The molecule has 3 nitrogen and oxygen atoms in total. The maximum Gasteiger partial charge on any atom is 0.142 e. The molecule has 0 aliphatic rings. The van der Waals surface area contributed by atoms with Crippen molar-refractivity contribution in [2.24, 2.45) is 0 Å². The summed E-state index contributed by atoms with van der Waals surface area (Å²) in [5, 5.41) is 4.42. The molecular weight excluding hydrogens is 292 g/mol. The Morgan fingerprint density at radius 2 is 1.95 bits per heavy atom. The molecule has 0 radical (unpaired) electrons. The molecule has 0 fully saturated rings. The molecule has 0 saturated carbocycles. The van der Waals surface area contributed by atoms with Crippen LogP contribution in [0, 0.1) is 0 Å². The van der Waals surface area contributed by atoms with E-state index in [-0.39, 0.29) is 0 Å². The lowest BCUT2D eigenvalue weighted by Crippen LogP contribution is -2.10. The molecule has 22 heavy (non-hydrogen) atoms. The van der Waals surface area contributed by atoms with E-state index in [0.29, 0.717) is 0 Å². The monoisotopic (exact) mass is 312 g/mol. The van der Waals surface area contributed by atoms with E-state index in [4.69, 9.17) is 4.74 Å². The number of para-hydroxylation sites is 1. The molecule has 2 N–H and O–H groups in total. The fraction of sp³-hybridized carbons (Fsp3) is 0.222. The molecule has 1 aromatic heterocycles. The van der Waals surface area contributed by atoms with Crippen molar-refractivity contribution in [1.82, 2.24) is 10.3 Å². The number of ether oxygens (including phenoxy) is 1. The average Bonchev–Trinajstić information content (AvgIpc) is 2.97. The number of fused-ring (bicyclic) bond motifs is 1. The Labute approximate surface area is 135 Å². The van der Waals surface area contributed by atoms with E-state index in [1.54, 1.807) is 18.9 Å². The van der Waals surface area contributed by atoms with Gasteiger partial charge in [-0.3, -0.25) is 0 Å². The Bertz CT molecular complexity index is 767. The summed E-state index contributed by atoms with van der Waals surface area (Å²) in [7, 11) is 3.69. The summed E-state index contributed by atoms with van der Waals surface area (Å²) in [5.41, 5.74) is 2.43. The normalized spacial score (nSPS) is 11.0. The van der Waals surface area contributed by atoms with Gasteiger partial charge in [-0.25, -0.2) is 0 Å². The molecule has 114 valence electrons. The van der Waals surface area contributed by atoms with Crippen LogP contribution in [0.2, 0.25) is 0 Å². The van der Waals surface area contributed by atoms with Crippen molar-refractivity contribution in [2.45, 2.75) is 16.2 Å². The third-order valence-corrected chi connectivity index (χ3v) is 4.87. The molecule has 0 bridgehead atoms. The highest BCUT2D eigenvalue weighted by Gasteiger charge is 2.10. The standard InChI is InChI=1S/C18H20N2OS/c1-19-11-10-13-6-3-4-9-16(13)22-17-12-20-18-14(17)7-5-8-15(18)21-2/h3-9,12,19-20H,10-11H2,1-2H3. The van der Waals surface area contributed by atoms with E-state index >= 15 is 0 Å². The Kier molecular flexibility index (Phi) is 4.71. The first kappa shape index (κ1) is 15.0. The van der Waals surface area contributed by atoms with Crippen molar-refractivity contribution in [3.05, 3.63) is 54.2 Å². The van der Waals surface area contributed by atoms with E-state index in [1.807, 2.05) is 19.2 Å². The number of nitrogens with one attached hydrogen (secondary N) is 2. The van der Waals surface area contributed by atoms with Crippen LogP contribution in [0.25, 0.3) is 10.9 Å². The first-order valence-corrected chi connectivity index (χ1v) is 8.19. The van der Waals surface area contributed by atoms with Crippen LogP contribution < -0.4 is 10.1 Å². The lowest BCUT2D eigenvalue weighted by molar-refractivity contribution is 0.419. The number of aromatic amines is 1. The first-order chi connectivity index (χ1) is 10.8. The number of hydrogen-bond acceptors (Lipinski definition) is 3. The maximum atomic E-state index is 5.42. The van der Waals surface area contributed by atoms with Crippen molar-refractivity contribution in [3.63, 3.8) is 0 Å². The fourth-order valence-corrected chi connectivity index (χ4v) is 3.63. The number of aromatic nitrogens is 1. The lowest BCUT2D eigenvalue weighted by atomic mass is 10.1. The van der Waals surface area contributed by atoms with Gasteiger partial charge in [0.25, 0.3) is 0 Å². The summed E-state index contributed by atoms with van der Waals surface area (Å²) in [5.74, 6) is 0.882. The molecule has 3 aromatic rings. The number of rotatable bonds is 6. The molecule has 2 aromatic carbocycles. The second-order valence-electron chi connectivity index (χ2n) is 5.10. The molecule has 0 spiro atoms. The molecule has 4 heteroatoms. The van der Waals surface area contributed by atoms with Crippen LogP contribution in [-0.2, 0) is 6.42 Å². The van der Waals surface area contributed by atoms with E-state index in [9.17, 15) is 0 Å². The van der Waals surface area contributed by atoms with Crippen molar-refractivity contribution >= 4 is 22.7 Å². The van der Waals surface area contributed by atoms with Gasteiger partial charge in [0.1, 0.15) is 5.75 Å². The Morgan fingerprint density at radius 1 is 1.09 bits per heavy atom. The lowest BCUT2D eigenvalue weighted by Gasteiger charge is -2.08. The summed E-state index contributed by atoms with van der Waals surface area (Å²) < 4.78 is 5.42. The van der Waals surface area contributed by atoms with Gasteiger partial charge in [-0.2, -0.15) is 0 Å². The molecule has 0 aliphatic carbocycles. The van der Waals surface area contributed by atoms with Gasteiger partial charge in [-0.05, 0) is 37.7 Å². The van der Waals surface area contributed by atoms with Gasteiger partial charge in [0.05, 0.1) is 12.6 Å². The van der Waals surface area contributed by atoms with Crippen LogP contribution in [0.1, 0.15) is 5.56 Å². The SMILES string of the molecule is CNCCc1ccccc1Sc1c[nH]c2c(OC)cccc12. The number of H-pyrrole nitrogens is 1. The predicted molar refractivity (Wildman–Crippen MR) is 93.0 cm³/mol. The Hall–Kier alpha value is -1.91. The number of hydrogen-bond donors (Lipinski definition) is 2. The van der Waals surface area contributed by atoms with Crippen molar-refractivity contribution in [2.75, 3.05) is 20.7 Å². The third-order valence-electron chi connectivity index (χ3n) is 3.70. The number of benzene rings is 2. The number of methoxy groups -OCH3 is 1. The van der Waals surface area contributed by atoms with Crippen LogP contribution in [0.5, 0.6) is 5.75 Å². The van der Waals surface area contributed by atoms with E-state index in [2.05, 4.69) is 46.8 Å². The molecule has 0 atom stereocenters. The molecule has 0 unspecified atom stereocenters. The second kappa shape index (κ2) is 6.90. The van der Waals surface area contributed by atoms with Crippen LogP contribution in [-0.4, -0.2) is 25.7 Å². The van der Waals surface area contributed by atoms with Gasteiger partial charge in [-0.1, -0.05) is 42.1 Å². The van der Waals surface area contributed by atoms with Crippen molar-refractivity contribution < 1.29 is 4.74 Å². The highest BCUT2D eigenvalue weighted by Crippen LogP contribution is 2.37. The van der Waals surface area contributed by atoms with Crippen LogP contribution >= 0.6 is 11.8 Å². The van der Waals surface area contributed by atoms with Crippen LogP contribution in [0.3, 0.4) is 0 Å². The topological polar surface area (TPSA) is 37.0 Å². The third kappa shape index (κ3) is 2.98. The van der Waals surface area contributed by atoms with Gasteiger partial charge in [0.2, 0.25) is 0 Å². The van der Waals surface area contributed by atoms with E-state index in [0.717, 1.165) is 24.2 Å². The molecule has 0 saturated heterocycles. The van der Waals surface area contributed by atoms with E-state index in [1.165, 1.54) is 20.7 Å². The summed E-state index contributed by atoms with van der Waals surface area (Å²) in [6.07, 6.45) is 3.10. The molecule has 3 rings (SSSR count). The minimum atomic E-state index is 0.882. The summed E-state index contributed by atoms with van der Waals surface area (Å²) in [6, 6.07) is 14.7. The van der Waals surface area contributed by atoms with Gasteiger partial charge in [0, 0.05) is 21.4 Å². The first-order valence-electron chi connectivity index (χ1n) is 7.38. The largest absolute Gasteiger partial charge is 0.495 e. The number of likely N-dealkylation sites (N-methyl/N-ethyl adjacent to an activating group) is 1. The molecular formula is C18H20N2OS. The fourth-order valence-electron chi connectivity index (χ4n) is 2.54. The van der Waals surface area contributed by atoms with Gasteiger partial charge < -0.3 is 15.0 Å². The minimum absolute atomic E-state index is 0.882.